The summed E-state index contributed by atoms with van der Waals surface area (Å²) in [5.41, 5.74) is 8.05. The second kappa shape index (κ2) is 8.15. The van der Waals surface area contributed by atoms with Crippen molar-refractivity contribution < 1.29 is 4.79 Å². The zero-order valence-electron chi connectivity index (χ0n) is 13.5. The van der Waals surface area contributed by atoms with E-state index >= 15 is 0 Å². The van der Waals surface area contributed by atoms with E-state index in [1.54, 1.807) is 0 Å². The van der Waals surface area contributed by atoms with Crippen LogP contribution in [0.3, 0.4) is 0 Å². The van der Waals surface area contributed by atoms with Gasteiger partial charge in [-0.3, -0.25) is 4.79 Å². The number of amides is 1. The van der Waals surface area contributed by atoms with Gasteiger partial charge in [0.1, 0.15) is 0 Å². The molecule has 1 atom stereocenters. The zero-order valence-corrected chi connectivity index (χ0v) is 15.9. The number of halogens is 1. The van der Waals surface area contributed by atoms with E-state index in [0.717, 1.165) is 25.1 Å². The lowest BCUT2D eigenvalue weighted by Crippen LogP contribution is -2.34. The van der Waals surface area contributed by atoms with Crippen LogP contribution in [0.5, 0.6) is 0 Å². The molecule has 0 radical (unpaired) electrons. The Morgan fingerprint density at radius 2 is 1.96 bits per heavy atom. The quantitative estimate of drug-likeness (QED) is 0.876. The largest absolute Gasteiger partial charge is 0.338 e. The van der Waals surface area contributed by atoms with Crippen molar-refractivity contribution in [2.45, 2.75) is 24.3 Å². The molecular formula is C17H25ClN2OS2. The number of nitrogens with two attached hydrogens (primary N) is 1. The van der Waals surface area contributed by atoms with Crippen LogP contribution in [-0.4, -0.2) is 41.9 Å². The van der Waals surface area contributed by atoms with Gasteiger partial charge in [-0.15, -0.1) is 35.9 Å². The van der Waals surface area contributed by atoms with Crippen LogP contribution < -0.4 is 5.73 Å². The average molecular weight is 373 g/mol. The third-order valence-corrected chi connectivity index (χ3v) is 7.61. The predicted octanol–water partition coefficient (Wildman–Crippen LogP) is 3.79. The van der Waals surface area contributed by atoms with Gasteiger partial charge in [-0.1, -0.05) is 19.1 Å². The number of rotatable bonds is 3. The number of thioether (sulfide) groups is 2. The van der Waals surface area contributed by atoms with Crippen molar-refractivity contribution in [3.63, 3.8) is 0 Å². The number of likely N-dealkylation sites (tertiary alicyclic amines) is 1. The zero-order chi connectivity index (χ0) is 15.6. The topological polar surface area (TPSA) is 46.3 Å². The monoisotopic (exact) mass is 372 g/mol. The molecule has 0 bridgehead atoms. The number of benzene rings is 1. The number of nitrogens with zero attached hydrogens (tertiary/aromatic N) is 1. The molecule has 1 amide bonds. The van der Waals surface area contributed by atoms with Crippen molar-refractivity contribution in [2.75, 3.05) is 31.1 Å². The van der Waals surface area contributed by atoms with Gasteiger partial charge in [0.15, 0.2) is 0 Å². The Bertz CT molecular complexity index is 534. The van der Waals surface area contributed by atoms with Crippen molar-refractivity contribution in [3.8, 4) is 0 Å². The molecule has 0 aliphatic carbocycles. The molecular weight excluding hydrogens is 348 g/mol. The van der Waals surface area contributed by atoms with Gasteiger partial charge in [0, 0.05) is 18.7 Å². The van der Waals surface area contributed by atoms with Gasteiger partial charge in [-0.25, -0.2) is 0 Å². The van der Waals surface area contributed by atoms with E-state index < -0.39 is 0 Å². The lowest BCUT2D eigenvalue weighted by atomic mass is 9.90. The van der Waals surface area contributed by atoms with E-state index in [4.69, 9.17) is 5.73 Å². The van der Waals surface area contributed by atoms with Crippen LogP contribution in [0.1, 0.15) is 40.3 Å². The summed E-state index contributed by atoms with van der Waals surface area (Å²) in [7, 11) is 0. The first-order valence-corrected chi connectivity index (χ1v) is 10.0. The van der Waals surface area contributed by atoms with E-state index in [0.29, 0.717) is 11.1 Å². The highest BCUT2D eigenvalue weighted by Gasteiger charge is 2.35. The molecule has 0 spiro atoms. The minimum atomic E-state index is 0. The molecule has 2 aliphatic heterocycles. The number of hydrogen-bond donors (Lipinski definition) is 1. The Morgan fingerprint density at radius 1 is 1.30 bits per heavy atom. The van der Waals surface area contributed by atoms with E-state index in [-0.39, 0.29) is 23.7 Å². The fourth-order valence-electron chi connectivity index (χ4n) is 3.01. The van der Waals surface area contributed by atoms with Crippen molar-refractivity contribution in [1.29, 1.82) is 0 Å². The second-order valence-corrected chi connectivity index (χ2v) is 9.26. The lowest BCUT2D eigenvalue weighted by Gasteiger charge is -2.23. The van der Waals surface area contributed by atoms with Gasteiger partial charge in [0.25, 0.3) is 5.91 Å². The number of hydrogen-bond acceptors (Lipinski definition) is 4. The smallest absolute Gasteiger partial charge is 0.253 e. The minimum absolute atomic E-state index is 0. The van der Waals surface area contributed by atoms with E-state index in [2.05, 4.69) is 19.1 Å². The van der Waals surface area contributed by atoms with Gasteiger partial charge in [0.2, 0.25) is 0 Å². The maximum absolute atomic E-state index is 12.6. The SMILES string of the molecule is CC1(CN)CCN(C(=O)c2ccc(C3SCCCS3)cc2)C1.Cl. The van der Waals surface area contributed by atoms with E-state index in [1.807, 2.05) is 40.6 Å². The Kier molecular flexibility index (Phi) is 6.72. The molecule has 1 aromatic rings. The molecule has 23 heavy (non-hydrogen) atoms. The normalized spacial score (nSPS) is 25.2. The summed E-state index contributed by atoms with van der Waals surface area (Å²) in [5, 5.41) is 0. The molecule has 2 fully saturated rings. The number of carbonyl (C=O) groups excluding carboxylic acids is 1. The van der Waals surface area contributed by atoms with Crippen molar-refractivity contribution in [2.24, 2.45) is 11.1 Å². The molecule has 2 heterocycles. The summed E-state index contributed by atoms with van der Waals surface area (Å²) in [6.45, 7) is 4.41. The fraction of sp³-hybridized carbons (Fsp3) is 0.588. The summed E-state index contributed by atoms with van der Waals surface area (Å²) in [6.07, 6.45) is 2.31. The van der Waals surface area contributed by atoms with E-state index in [9.17, 15) is 4.79 Å². The molecule has 2 saturated heterocycles. The molecule has 3 rings (SSSR count). The van der Waals surface area contributed by atoms with Gasteiger partial charge in [-0.2, -0.15) is 0 Å². The highest BCUT2D eigenvalue weighted by atomic mass is 35.5. The Balaban J connectivity index is 0.00000192. The molecule has 6 heteroatoms. The number of carbonyl (C=O) groups is 1. The maximum Gasteiger partial charge on any atom is 0.253 e. The molecule has 2 N–H and O–H groups in total. The predicted molar refractivity (Wildman–Crippen MR) is 104 cm³/mol. The van der Waals surface area contributed by atoms with Crippen molar-refractivity contribution in [3.05, 3.63) is 35.4 Å². The molecule has 1 aromatic carbocycles. The van der Waals surface area contributed by atoms with Gasteiger partial charge >= 0.3 is 0 Å². The second-order valence-electron chi connectivity index (χ2n) is 6.54. The highest BCUT2D eigenvalue weighted by Crippen LogP contribution is 2.43. The molecule has 2 aliphatic rings. The fourth-order valence-corrected chi connectivity index (χ4v) is 5.90. The summed E-state index contributed by atoms with van der Waals surface area (Å²) >= 11 is 4.02. The average Bonchev–Trinajstić information content (AvgIpc) is 2.98. The van der Waals surface area contributed by atoms with Crippen molar-refractivity contribution >= 4 is 41.8 Å². The summed E-state index contributed by atoms with van der Waals surface area (Å²) in [5.74, 6) is 2.63. The first kappa shape index (κ1) is 19.0. The van der Waals surface area contributed by atoms with Gasteiger partial charge in [0.05, 0.1) is 4.58 Å². The summed E-state index contributed by atoms with van der Waals surface area (Å²) in [6, 6.07) is 8.24. The van der Waals surface area contributed by atoms with Crippen LogP contribution in [0.2, 0.25) is 0 Å². The van der Waals surface area contributed by atoms with Crippen LogP contribution >= 0.6 is 35.9 Å². The maximum atomic E-state index is 12.6. The standard InChI is InChI=1S/C17H24N2OS2.ClH/c1-17(11-18)7-8-19(12-17)15(20)13-3-5-14(6-4-13)16-21-9-2-10-22-16;/h3-6,16H,2,7-12,18H2,1H3;1H. The molecule has 1 unspecified atom stereocenters. The van der Waals surface area contributed by atoms with Gasteiger partial charge < -0.3 is 10.6 Å². The van der Waals surface area contributed by atoms with Crippen LogP contribution in [0, 0.1) is 5.41 Å². The third-order valence-electron chi connectivity index (χ3n) is 4.59. The van der Waals surface area contributed by atoms with Crippen LogP contribution in [0.4, 0.5) is 0 Å². The minimum Gasteiger partial charge on any atom is -0.338 e. The Morgan fingerprint density at radius 3 is 2.52 bits per heavy atom. The summed E-state index contributed by atoms with van der Waals surface area (Å²) < 4.78 is 0.533. The first-order chi connectivity index (χ1) is 10.6. The molecule has 0 aromatic heterocycles. The summed E-state index contributed by atoms with van der Waals surface area (Å²) in [4.78, 5) is 14.6. The van der Waals surface area contributed by atoms with Crippen LogP contribution in [-0.2, 0) is 0 Å². The van der Waals surface area contributed by atoms with E-state index in [1.165, 1.54) is 23.5 Å². The lowest BCUT2D eigenvalue weighted by molar-refractivity contribution is 0.0777. The van der Waals surface area contributed by atoms with Crippen LogP contribution in [0.25, 0.3) is 0 Å². The van der Waals surface area contributed by atoms with Gasteiger partial charge in [-0.05, 0) is 54.0 Å². The highest BCUT2D eigenvalue weighted by molar-refractivity contribution is 8.16. The third kappa shape index (κ3) is 4.38. The molecule has 3 nitrogen and oxygen atoms in total. The van der Waals surface area contributed by atoms with Crippen molar-refractivity contribution in [1.82, 2.24) is 4.90 Å². The molecule has 128 valence electrons. The first-order valence-electron chi connectivity index (χ1n) is 7.94. The molecule has 0 saturated carbocycles. The Labute approximate surface area is 153 Å². The van der Waals surface area contributed by atoms with Crippen LogP contribution in [0.15, 0.2) is 24.3 Å². The Hall–Kier alpha value is -0.360.